The molecule has 1 saturated carbocycles. The van der Waals surface area contributed by atoms with Crippen LogP contribution in [0.15, 0.2) is 54.9 Å². The van der Waals surface area contributed by atoms with Gasteiger partial charge in [-0.25, -0.2) is 0 Å². The van der Waals surface area contributed by atoms with Crippen molar-refractivity contribution in [1.82, 2.24) is 9.88 Å². The minimum atomic E-state index is -0.589. The van der Waals surface area contributed by atoms with E-state index < -0.39 is 6.04 Å². The summed E-state index contributed by atoms with van der Waals surface area (Å²) in [5.41, 5.74) is 8.11. The number of hydrogen-bond donors (Lipinski definition) is 1. The molecule has 108 valence electrons. The van der Waals surface area contributed by atoms with E-state index in [9.17, 15) is 4.79 Å². The molecule has 1 fully saturated rings. The third kappa shape index (κ3) is 3.28. The fourth-order valence-corrected chi connectivity index (χ4v) is 2.44. The zero-order chi connectivity index (χ0) is 14.7. The first-order valence-corrected chi connectivity index (χ1v) is 7.25. The van der Waals surface area contributed by atoms with Crippen LogP contribution in [0.25, 0.3) is 0 Å². The molecule has 1 heterocycles. The molecule has 21 heavy (non-hydrogen) atoms. The average Bonchev–Trinajstić information content (AvgIpc) is 3.38. The van der Waals surface area contributed by atoms with Crippen LogP contribution in [0.4, 0.5) is 0 Å². The van der Waals surface area contributed by atoms with Crippen LogP contribution in [0.2, 0.25) is 0 Å². The molecule has 3 rings (SSSR count). The van der Waals surface area contributed by atoms with Crippen LogP contribution in [0.1, 0.15) is 30.0 Å². The Hall–Kier alpha value is -2.20. The Morgan fingerprint density at radius 1 is 1.19 bits per heavy atom. The minimum absolute atomic E-state index is 0.000474. The van der Waals surface area contributed by atoms with Gasteiger partial charge in [0, 0.05) is 25.0 Å². The fraction of sp³-hybridized carbons (Fsp3) is 0.294. The van der Waals surface area contributed by atoms with Crippen LogP contribution in [0.5, 0.6) is 0 Å². The summed E-state index contributed by atoms with van der Waals surface area (Å²) in [7, 11) is 0. The van der Waals surface area contributed by atoms with Crippen molar-refractivity contribution in [3.05, 3.63) is 66.0 Å². The predicted octanol–water partition coefficient (Wildman–Crippen LogP) is 2.27. The highest BCUT2D eigenvalue weighted by atomic mass is 16.2. The van der Waals surface area contributed by atoms with E-state index in [0.717, 1.165) is 24.0 Å². The summed E-state index contributed by atoms with van der Waals surface area (Å²) in [4.78, 5) is 18.6. The van der Waals surface area contributed by atoms with Crippen molar-refractivity contribution in [2.75, 3.05) is 0 Å². The van der Waals surface area contributed by atoms with E-state index in [2.05, 4.69) is 4.98 Å². The molecule has 2 aromatic rings. The highest BCUT2D eigenvalue weighted by Gasteiger charge is 2.35. The Morgan fingerprint density at radius 2 is 1.86 bits per heavy atom. The van der Waals surface area contributed by atoms with Crippen molar-refractivity contribution in [3.63, 3.8) is 0 Å². The number of nitrogens with two attached hydrogens (primary N) is 1. The second-order valence-electron chi connectivity index (χ2n) is 5.44. The molecule has 0 radical (unpaired) electrons. The summed E-state index contributed by atoms with van der Waals surface area (Å²) in [6.45, 7) is 0.604. The standard InChI is InChI=1S/C17H19N3O/c18-16(14-4-2-1-3-5-14)17(21)20(15-6-7-15)12-13-8-10-19-11-9-13/h1-5,8-11,15-16H,6-7,12,18H2. The van der Waals surface area contributed by atoms with E-state index in [-0.39, 0.29) is 5.91 Å². The van der Waals surface area contributed by atoms with Gasteiger partial charge in [-0.2, -0.15) is 0 Å². The summed E-state index contributed by atoms with van der Waals surface area (Å²) in [5.74, 6) is 0.000474. The van der Waals surface area contributed by atoms with E-state index in [0.29, 0.717) is 12.6 Å². The quantitative estimate of drug-likeness (QED) is 0.914. The molecule has 1 aliphatic carbocycles. The van der Waals surface area contributed by atoms with Crippen LogP contribution < -0.4 is 5.73 Å². The number of carbonyl (C=O) groups is 1. The largest absolute Gasteiger partial charge is 0.334 e. The van der Waals surface area contributed by atoms with Crippen LogP contribution in [-0.2, 0) is 11.3 Å². The lowest BCUT2D eigenvalue weighted by Gasteiger charge is -2.26. The second kappa shape index (κ2) is 6.06. The third-order valence-corrected chi connectivity index (χ3v) is 3.80. The Bertz CT molecular complexity index is 596. The van der Waals surface area contributed by atoms with Gasteiger partial charge in [0.1, 0.15) is 6.04 Å². The number of amides is 1. The average molecular weight is 281 g/mol. The van der Waals surface area contributed by atoms with Gasteiger partial charge < -0.3 is 10.6 Å². The molecule has 1 aromatic carbocycles. The Morgan fingerprint density at radius 3 is 2.48 bits per heavy atom. The minimum Gasteiger partial charge on any atom is -0.334 e. The van der Waals surface area contributed by atoms with Gasteiger partial charge in [0.2, 0.25) is 5.91 Å². The molecule has 0 aliphatic heterocycles. The summed E-state index contributed by atoms with van der Waals surface area (Å²) >= 11 is 0. The van der Waals surface area contributed by atoms with Gasteiger partial charge in [-0.1, -0.05) is 30.3 Å². The van der Waals surface area contributed by atoms with E-state index in [1.807, 2.05) is 47.4 Å². The number of hydrogen-bond acceptors (Lipinski definition) is 3. The van der Waals surface area contributed by atoms with Gasteiger partial charge >= 0.3 is 0 Å². The van der Waals surface area contributed by atoms with Crippen LogP contribution in [-0.4, -0.2) is 21.8 Å². The molecule has 0 saturated heterocycles. The normalized spacial score (nSPS) is 15.5. The van der Waals surface area contributed by atoms with Crippen molar-refractivity contribution >= 4 is 5.91 Å². The summed E-state index contributed by atoms with van der Waals surface area (Å²) in [6, 6.07) is 13.2. The van der Waals surface area contributed by atoms with Gasteiger partial charge in [-0.05, 0) is 36.1 Å². The molecule has 1 atom stereocenters. The molecule has 0 bridgehead atoms. The molecule has 4 nitrogen and oxygen atoms in total. The van der Waals surface area contributed by atoms with Crippen LogP contribution in [0, 0.1) is 0 Å². The smallest absolute Gasteiger partial charge is 0.244 e. The second-order valence-corrected chi connectivity index (χ2v) is 5.44. The maximum Gasteiger partial charge on any atom is 0.244 e. The number of aromatic nitrogens is 1. The molecular formula is C17H19N3O. The molecule has 4 heteroatoms. The zero-order valence-electron chi connectivity index (χ0n) is 11.9. The first kappa shape index (κ1) is 13.8. The van der Waals surface area contributed by atoms with Crippen molar-refractivity contribution in [3.8, 4) is 0 Å². The van der Waals surface area contributed by atoms with E-state index in [4.69, 9.17) is 5.73 Å². The van der Waals surface area contributed by atoms with Gasteiger partial charge in [0.15, 0.2) is 0 Å². The number of carbonyl (C=O) groups excluding carboxylic acids is 1. The molecular weight excluding hydrogens is 262 g/mol. The predicted molar refractivity (Wildman–Crippen MR) is 81.2 cm³/mol. The van der Waals surface area contributed by atoms with Crippen molar-refractivity contribution in [1.29, 1.82) is 0 Å². The monoisotopic (exact) mass is 281 g/mol. The molecule has 1 aromatic heterocycles. The molecule has 1 amide bonds. The lowest BCUT2D eigenvalue weighted by Crippen LogP contribution is -2.39. The highest BCUT2D eigenvalue weighted by Crippen LogP contribution is 2.30. The summed E-state index contributed by atoms with van der Waals surface area (Å²) in [6.07, 6.45) is 5.64. The van der Waals surface area contributed by atoms with Gasteiger partial charge in [-0.3, -0.25) is 9.78 Å². The van der Waals surface area contributed by atoms with Crippen LogP contribution >= 0.6 is 0 Å². The first-order chi connectivity index (χ1) is 10.3. The Kier molecular flexibility index (Phi) is 3.97. The number of rotatable bonds is 5. The van der Waals surface area contributed by atoms with E-state index in [1.165, 1.54) is 0 Å². The van der Waals surface area contributed by atoms with Crippen molar-refractivity contribution in [2.45, 2.75) is 31.5 Å². The zero-order valence-corrected chi connectivity index (χ0v) is 11.9. The Labute approximate surface area is 124 Å². The third-order valence-electron chi connectivity index (χ3n) is 3.80. The van der Waals surface area contributed by atoms with Crippen molar-refractivity contribution < 1.29 is 4.79 Å². The lowest BCUT2D eigenvalue weighted by atomic mass is 10.1. The highest BCUT2D eigenvalue weighted by molar-refractivity contribution is 5.83. The molecule has 1 aliphatic rings. The molecule has 1 unspecified atom stereocenters. The molecule has 0 spiro atoms. The number of benzene rings is 1. The first-order valence-electron chi connectivity index (χ1n) is 7.25. The van der Waals surface area contributed by atoms with Gasteiger partial charge in [0.05, 0.1) is 0 Å². The van der Waals surface area contributed by atoms with Gasteiger partial charge in [0.25, 0.3) is 0 Å². The van der Waals surface area contributed by atoms with E-state index >= 15 is 0 Å². The molecule has 2 N–H and O–H groups in total. The number of nitrogens with zero attached hydrogens (tertiary/aromatic N) is 2. The van der Waals surface area contributed by atoms with Crippen LogP contribution in [0.3, 0.4) is 0 Å². The maximum atomic E-state index is 12.7. The van der Waals surface area contributed by atoms with Gasteiger partial charge in [-0.15, -0.1) is 0 Å². The summed E-state index contributed by atoms with van der Waals surface area (Å²) < 4.78 is 0. The Balaban J connectivity index is 1.76. The van der Waals surface area contributed by atoms with E-state index in [1.54, 1.807) is 12.4 Å². The summed E-state index contributed by atoms with van der Waals surface area (Å²) in [5, 5.41) is 0. The lowest BCUT2D eigenvalue weighted by molar-refractivity contribution is -0.134. The fourth-order valence-electron chi connectivity index (χ4n) is 2.44. The topological polar surface area (TPSA) is 59.2 Å². The van der Waals surface area contributed by atoms with Crippen molar-refractivity contribution in [2.24, 2.45) is 5.73 Å². The SMILES string of the molecule is NC(C(=O)N(Cc1ccncc1)C1CC1)c1ccccc1. The number of pyridine rings is 1. The maximum absolute atomic E-state index is 12.7.